The van der Waals surface area contributed by atoms with Crippen LogP contribution in [0.5, 0.6) is 0 Å². The third-order valence-corrected chi connectivity index (χ3v) is 3.18. The van der Waals surface area contributed by atoms with Gasteiger partial charge in [0.05, 0.1) is 6.61 Å². The monoisotopic (exact) mass is 184 g/mol. The molecule has 1 heterocycles. The average Bonchev–Trinajstić information content (AvgIpc) is 2.87. The SMILES string of the molecule is COCC1(CN2CCNCC2)CC1. The molecule has 0 radical (unpaired) electrons. The van der Waals surface area contributed by atoms with E-state index >= 15 is 0 Å². The lowest BCUT2D eigenvalue weighted by Crippen LogP contribution is -2.46. The molecule has 1 N–H and O–H groups in total. The van der Waals surface area contributed by atoms with Gasteiger partial charge in [-0.2, -0.15) is 0 Å². The Morgan fingerprint density at radius 3 is 2.54 bits per heavy atom. The molecule has 0 amide bonds. The van der Waals surface area contributed by atoms with E-state index in [0.29, 0.717) is 5.41 Å². The van der Waals surface area contributed by atoms with Gasteiger partial charge in [0.25, 0.3) is 0 Å². The number of methoxy groups -OCH3 is 1. The van der Waals surface area contributed by atoms with Crippen LogP contribution in [0.25, 0.3) is 0 Å². The fourth-order valence-corrected chi connectivity index (χ4v) is 2.17. The van der Waals surface area contributed by atoms with E-state index in [9.17, 15) is 0 Å². The van der Waals surface area contributed by atoms with E-state index in [1.165, 1.54) is 32.5 Å². The number of nitrogens with one attached hydrogen (secondary N) is 1. The predicted molar refractivity (Wildman–Crippen MR) is 52.9 cm³/mol. The summed E-state index contributed by atoms with van der Waals surface area (Å²) in [5, 5.41) is 3.38. The zero-order chi connectivity index (χ0) is 9.15. The van der Waals surface area contributed by atoms with Gasteiger partial charge >= 0.3 is 0 Å². The Morgan fingerprint density at radius 2 is 2.00 bits per heavy atom. The molecular formula is C10H20N2O. The smallest absolute Gasteiger partial charge is 0.0530 e. The van der Waals surface area contributed by atoms with E-state index in [0.717, 1.165) is 19.7 Å². The van der Waals surface area contributed by atoms with Crippen molar-refractivity contribution in [3.63, 3.8) is 0 Å². The molecule has 0 aromatic carbocycles. The summed E-state index contributed by atoms with van der Waals surface area (Å²) >= 11 is 0. The first-order valence-corrected chi connectivity index (χ1v) is 5.27. The molecule has 0 aromatic heterocycles. The Kier molecular flexibility index (Phi) is 2.86. The normalized spacial score (nSPS) is 27.5. The van der Waals surface area contributed by atoms with Crippen molar-refractivity contribution in [3.05, 3.63) is 0 Å². The molecule has 0 spiro atoms. The second-order valence-electron chi connectivity index (χ2n) is 4.46. The van der Waals surface area contributed by atoms with Crippen LogP contribution in [0, 0.1) is 5.41 Å². The number of hydrogen-bond donors (Lipinski definition) is 1. The molecule has 1 aliphatic carbocycles. The molecule has 1 aliphatic heterocycles. The van der Waals surface area contributed by atoms with E-state index in [1.54, 1.807) is 0 Å². The van der Waals surface area contributed by atoms with Crippen LogP contribution in [0.15, 0.2) is 0 Å². The molecule has 0 atom stereocenters. The fourth-order valence-electron chi connectivity index (χ4n) is 2.17. The van der Waals surface area contributed by atoms with Crippen molar-refractivity contribution in [2.24, 2.45) is 5.41 Å². The van der Waals surface area contributed by atoms with Crippen molar-refractivity contribution in [2.45, 2.75) is 12.8 Å². The minimum absolute atomic E-state index is 0.534. The summed E-state index contributed by atoms with van der Waals surface area (Å²) in [5.74, 6) is 0. The third kappa shape index (κ3) is 2.42. The van der Waals surface area contributed by atoms with Crippen LogP contribution in [0.2, 0.25) is 0 Å². The minimum Gasteiger partial charge on any atom is -0.384 e. The molecule has 0 aromatic rings. The summed E-state index contributed by atoms with van der Waals surface area (Å²) in [5.41, 5.74) is 0.534. The standard InChI is InChI=1S/C10H20N2O/c1-13-9-10(2-3-10)8-12-6-4-11-5-7-12/h11H,2-9H2,1H3. The lowest BCUT2D eigenvalue weighted by Gasteiger charge is -2.30. The first-order valence-electron chi connectivity index (χ1n) is 5.27. The van der Waals surface area contributed by atoms with Gasteiger partial charge in [-0.1, -0.05) is 0 Å². The summed E-state index contributed by atoms with van der Waals surface area (Å²) < 4.78 is 5.27. The second kappa shape index (κ2) is 3.95. The van der Waals surface area contributed by atoms with E-state index in [1.807, 2.05) is 7.11 Å². The topological polar surface area (TPSA) is 24.5 Å². The number of piperazine rings is 1. The van der Waals surface area contributed by atoms with Crippen LogP contribution in [0.3, 0.4) is 0 Å². The molecule has 0 bridgehead atoms. The Hall–Kier alpha value is -0.120. The first kappa shape index (κ1) is 9.44. The van der Waals surface area contributed by atoms with Gasteiger partial charge in [-0.25, -0.2) is 0 Å². The van der Waals surface area contributed by atoms with Crippen molar-refractivity contribution < 1.29 is 4.74 Å². The Bertz CT molecular complexity index is 162. The van der Waals surface area contributed by atoms with Crippen LogP contribution in [-0.2, 0) is 4.74 Å². The maximum Gasteiger partial charge on any atom is 0.0530 e. The van der Waals surface area contributed by atoms with Gasteiger partial charge in [0.2, 0.25) is 0 Å². The van der Waals surface area contributed by atoms with E-state index in [-0.39, 0.29) is 0 Å². The molecule has 13 heavy (non-hydrogen) atoms. The Morgan fingerprint density at radius 1 is 1.31 bits per heavy atom. The molecular weight excluding hydrogens is 164 g/mol. The highest BCUT2D eigenvalue weighted by Gasteiger charge is 2.43. The highest BCUT2D eigenvalue weighted by Crippen LogP contribution is 2.46. The quantitative estimate of drug-likeness (QED) is 0.681. The van der Waals surface area contributed by atoms with Crippen molar-refractivity contribution in [2.75, 3.05) is 46.4 Å². The van der Waals surface area contributed by atoms with Crippen LogP contribution >= 0.6 is 0 Å². The number of rotatable bonds is 4. The summed E-state index contributed by atoms with van der Waals surface area (Å²) in [4.78, 5) is 2.57. The average molecular weight is 184 g/mol. The molecule has 2 fully saturated rings. The number of ether oxygens (including phenoxy) is 1. The van der Waals surface area contributed by atoms with Crippen molar-refractivity contribution in [3.8, 4) is 0 Å². The third-order valence-electron chi connectivity index (χ3n) is 3.18. The molecule has 2 aliphatic rings. The fraction of sp³-hybridized carbons (Fsp3) is 1.00. The summed E-state index contributed by atoms with van der Waals surface area (Å²) in [6.45, 7) is 6.95. The van der Waals surface area contributed by atoms with Crippen molar-refractivity contribution >= 4 is 0 Å². The van der Waals surface area contributed by atoms with Gasteiger partial charge in [-0.3, -0.25) is 0 Å². The minimum atomic E-state index is 0.534. The molecule has 2 rings (SSSR count). The molecule has 3 heteroatoms. The molecule has 1 saturated heterocycles. The number of nitrogens with zero attached hydrogens (tertiary/aromatic N) is 1. The molecule has 3 nitrogen and oxygen atoms in total. The van der Waals surface area contributed by atoms with Crippen LogP contribution < -0.4 is 5.32 Å². The zero-order valence-electron chi connectivity index (χ0n) is 8.51. The van der Waals surface area contributed by atoms with Gasteiger partial charge in [-0.15, -0.1) is 0 Å². The van der Waals surface area contributed by atoms with Gasteiger partial charge in [0.15, 0.2) is 0 Å². The lowest BCUT2D eigenvalue weighted by molar-refractivity contribution is 0.103. The van der Waals surface area contributed by atoms with Gasteiger partial charge in [0, 0.05) is 45.2 Å². The van der Waals surface area contributed by atoms with Gasteiger partial charge in [-0.05, 0) is 12.8 Å². The summed E-state index contributed by atoms with van der Waals surface area (Å²) in [6.07, 6.45) is 2.73. The van der Waals surface area contributed by atoms with E-state index in [2.05, 4.69) is 10.2 Å². The molecule has 1 saturated carbocycles. The summed E-state index contributed by atoms with van der Waals surface area (Å²) in [6, 6.07) is 0. The van der Waals surface area contributed by atoms with Crippen LogP contribution in [0.1, 0.15) is 12.8 Å². The first-order chi connectivity index (χ1) is 6.35. The Labute approximate surface area is 80.4 Å². The van der Waals surface area contributed by atoms with Gasteiger partial charge < -0.3 is 15.0 Å². The van der Waals surface area contributed by atoms with Gasteiger partial charge in [0.1, 0.15) is 0 Å². The number of hydrogen-bond acceptors (Lipinski definition) is 3. The summed E-state index contributed by atoms with van der Waals surface area (Å²) in [7, 11) is 1.82. The zero-order valence-corrected chi connectivity index (χ0v) is 8.51. The largest absolute Gasteiger partial charge is 0.384 e. The van der Waals surface area contributed by atoms with E-state index in [4.69, 9.17) is 4.74 Å². The Balaban J connectivity index is 1.76. The van der Waals surface area contributed by atoms with E-state index < -0.39 is 0 Å². The predicted octanol–water partition coefficient (Wildman–Crippen LogP) is 0.318. The highest BCUT2D eigenvalue weighted by molar-refractivity contribution is 4.96. The molecule has 0 unspecified atom stereocenters. The lowest BCUT2D eigenvalue weighted by atomic mass is 10.1. The highest BCUT2D eigenvalue weighted by atomic mass is 16.5. The maximum absolute atomic E-state index is 5.27. The van der Waals surface area contributed by atoms with Crippen LogP contribution in [-0.4, -0.2) is 51.3 Å². The second-order valence-corrected chi connectivity index (χ2v) is 4.46. The van der Waals surface area contributed by atoms with Crippen LogP contribution in [0.4, 0.5) is 0 Å². The van der Waals surface area contributed by atoms with Crippen molar-refractivity contribution in [1.82, 2.24) is 10.2 Å². The molecule has 76 valence electrons. The maximum atomic E-state index is 5.27. The van der Waals surface area contributed by atoms with Crippen molar-refractivity contribution in [1.29, 1.82) is 0 Å².